The highest BCUT2D eigenvalue weighted by Gasteiger charge is 2.00. The van der Waals surface area contributed by atoms with Crippen molar-refractivity contribution in [3.8, 4) is 0 Å². The van der Waals surface area contributed by atoms with Crippen LogP contribution < -0.4 is 5.73 Å². The number of amides is 1. The van der Waals surface area contributed by atoms with Crippen LogP contribution in [0.1, 0.15) is 1.43 Å². The second-order valence-electron chi connectivity index (χ2n) is 2.51. The van der Waals surface area contributed by atoms with Crippen molar-refractivity contribution < 1.29 is 6.22 Å². The Morgan fingerprint density at radius 3 is 2.92 bits per heavy atom. The summed E-state index contributed by atoms with van der Waals surface area (Å²) >= 11 is 0. The third-order valence-electron chi connectivity index (χ3n) is 1.70. The van der Waals surface area contributed by atoms with Crippen molar-refractivity contribution in [3.63, 3.8) is 0 Å². The number of nitrogens with two attached hydrogens (primary N) is 1. The highest BCUT2D eigenvalue weighted by Crippen LogP contribution is 2.11. The Hall–Kier alpha value is -1.84. The Kier molecular flexibility index (Phi) is 1.33. The zero-order valence-corrected chi connectivity index (χ0v) is 6.27. The SMILES string of the molecule is NC(=O)n1cc2ccncc2c1.[H+]. The van der Waals surface area contributed by atoms with E-state index in [1.807, 2.05) is 6.07 Å². The summed E-state index contributed by atoms with van der Waals surface area (Å²) in [6.07, 6.45) is 6.70. The third kappa shape index (κ3) is 0.934. The molecule has 0 aliphatic carbocycles. The molecule has 0 fully saturated rings. The molecule has 2 aromatic heterocycles. The molecule has 2 aromatic rings. The first-order valence-electron chi connectivity index (χ1n) is 3.49. The van der Waals surface area contributed by atoms with E-state index in [4.69, 9.17) is 5.73 Å². The fourth-order valence-electron chi connectivity index (χ4n) is 1.11. The Morgan fingerprint density at radius 2 is 2.25 bits per heavy atom. The molecule has 12 heavy (non-hydrogen) atoms. The lowest BCUT2D eigenvalue weighted by atomic mass is 10.3. The van der Waals surface area contributed by atoms with Gasteiger partial charge < -0.3 is 5.73 Å². The van der Waals surface area contributed by atoms with Crippen LogP contribution in [-0.2, 0) is 0 Å². The quantitative estimate of drug-likeness (QED) is 0.630. The molecule has 2 heterocycles. The van der Waals surface area contributed by atoms with E-state index in [0.717, 1.165) is 10.8 Å². The second-order valence-corrected chi connectivity index (χ2v) is 2.51. The summed E-state index contributed by atoms with van der Waals surface area (Å²) in [7, 11) is 0. The maximum atomic E-state index is 10.7. The van der Waals surface area contributed by atoms with E-state index in [0.29, 0.717) is 0 Å². The number of carbonyl (C=O) groups is 1. The Bertz CT molecular complexity index is 405. The van der Waals surface area contributed by atoms with Gasteiger partial charge >= 0.3 is 7.46 Å². The van der Waals surface area contributed by atoms with Gasteiger partial charge in [0.05, 0.1) is 0 Å². The first kappa shape index (κ1) is 6.84. The number of hydrogen-bond donors (Lipinski definition) is 1. The molecule has 0 aromatic carbocycles. The van der Waals surface area contributed by atoms with E-state index in [2.05, 4.69) is 4.98 Å². The van der Waals surface area contributed by atoms with Gasteiger partial charge in [0.25, 0.3) is 0 Å². The van der Waals surface area contributed by atoms with Crippen LogP contribution in [0.4, 0.5) is 4.79 Å². The number of pyridine rings is 1. The summed E-state index contributed by atoms with van der Waals surface area (Å²) in [5.41, 5.74) is 5.08. The molecule has 0 aliphatic rings. The van der Waals surface area contributed by atoms with Gasteiger partial charge in [-0.15, -0.1) is 0 Å². The molecular weight excluding hydrogens is 154 g/mol. The molecule has 4 heteroatoms. The predicted octanol–water partition coefficient (Wildman–Crippen LogP) is 1.08. The molecule has 0 saturated heterocycles. The number of carbonyl (C=O) groups excluding carboxylic acids is 1. The lowest BCUT2D eigenvalue weighted by Gasteiger charge is -1.89. The van der Waals surface area contributed by atoms with E-state index in [1.54, 1.807) is 24.8 Å². The molecule has 0 radical (unpaired) electrons. The van der Waals surface area contributed by atoms with E-state index in [-0.39, 0.29) is 1.43 Å². The summed E-state index contributed by atoms with van der Waals surface area (Å²) in [6, 6.07) is 1.35. The van der Waals surface area contributed by atoms with E-state index >= 15 is 0 Å². The normalized spacial score (nSPS) is 10.3. The predicted molar refractivity (Wildman–Crippen MR) is 45.8 cm³/mol. The van der Waals surface area contributed by atoms with Crippen molar-refractivity contribution in [3.05, 3.63) is 30.9 Å². The van der Waals surface area contributed by atoms with Crippen LogP contribution in [0.15, 0.2) is 30.9 Å². The van der Waals surface area contributed by atoms with Crippen molar-refractivity contribution in [1.29, 1.82) is 0 Å². The van der Waals surface area contributed by atoms with E-state index in [9.17, 15) is 4.79 Å². The summed E-state index contributed by atoms with van der Waals surface area (Å²) in [4.78, 5) is 14.7. The number of aromatic nitrogens is 2. The Morgan fingerprint density at radius 1 is 1.50 bits per heavy atom. The van der Waals surface area contributed by atoms with Crippen LogP contribution in [-0.4, -0.2) is 15.6 Å². The van der Waals surface area contributed by atoms with Gasteiger partial charge in [-0.3, -0.25) is 9.55 Å². The highest BCUT2D eigenvalue weighted by atomic mass is 16.2. The molecule has 2 N–H and O–H groups in total. The minimum absolute atomic E-state index is 0. The van der Waals surface area contributed by atoms with Crippen LogP contribution in [0.5, 0.6) is 0 Å². The zero-order chi connectivity index (χ0) is 8.55. The average Bonchev–Trinajstić information content (AvgIpc) is 2.46. The monoisotopic (exact) mass is 162 g/mol. The van der Waals surface area contributed by atoms with Crippen LogP contribution >= 0.6 is 0 Å². The molecule has 60 valence electrons. The van der Waals surface area contributed by atoms with Gasteiger partial charge in [-0.05, 0) is 6.07 Å². The number of primary amides is 1. The highest BCUT2D eigenvalue weighted by molar-refractivity contribution is 5.87. The smallest absolute Gasteiger partial charge is 0.351 e. The Balaban J connectivity index is 0.000000845. The summed E-state index contributed by atoms with van der Waals surface area (Å²) in [6.45, 7) is 0. The minimum Gasteiger partial charge on any atom is -0.351 e. The number of hydrogen-bond acceptors (Lipinski definition) is 2. The van der Waals surface area contributed by atoms with Crippen LogP contribution in [0.2, 0.25) is 0 Å². The van der Waals surface area contributed by atoms with Crippen LogP contribution in [0, 0.1) is 0 Å². The maximum absolute atomic E-state index is 10.7. The van der Waals surface area contributed by atoms with E-state index in [1.165, 1.54) is 4.57 Å². The first-order chi connectivity index (χ1) is 5.77. The van der Waals surface area contributed by atoms with Gasteiger partial charge in [-0.25, -0.2) is 4.79 Å². The summed E-state index contributed by atoms with van der Waals surface area (Å²) in [5, 5.41) is 1.88. The number of rotatable bonds is 0. The molecular formula is C8H8N3O+. The van der Waals surface area contributed by atoms with Crippen LogP contribution in [0.3, 0.4) is 0 Å². The van der Waals surface area contributed by atoms with Gasteiger partial charge in [-0.2, -0.15) is 0 Å². The molecule has 0 unspecified atom stereocenters. The molecule has 2 rings (SSSR count). The van der Waals surface area contributed by atoms with Crippen LogP contribution in [0.25, 0.3) is 10.8 Å². The second kappa shape index (κ2) is 2.34. The Labute approximate surface area is 70.1 Å². The standard InChI is InChI=1S/C8H7N3O/c9-8(12)11-4-6-1-2-10-3-7(6)5-11/h1-5H,(H2,9,12)/p+1. The first-order valence-corrected chi connectivity index (χ1v) is 3.49. The largest absolute Gasteiger partial charge is 1.00 e. The lowest BCUT2D eigenvalue weighted by Crippen LogP contribution is -2.17. The third-order valence-corrected chi connectivity index (χ3v) is 1.70. The fourth-order valence-corrected chi connectivity index (χ4v) is 1.11. The summed E-state index contributed by atoms with van der Waals surface area (Å²) in [5.74, 6) is 0. The van der Waals surface area contributed by atoms with Gasteiger partial charge in [0.15, 0.2) is 0 Å². The van der Waals surface area contributed by atoms with E-state index < -0.39 is 6.03 Å². The molecule has 0 saturated carbocycles. The maximum Gasteiger partial charge on any atom is 1.00 e. The molecule has 1 amide bonds. The molecule has 0 atom stereocenters. The fraction of sp³-hybridized carbons (Fsp3) is 0. The molecule has 0 aliphatic heterocycles. The van der Waals surface area contributed by atoms with Crippen molar-refractivity contribution in [2.45, 2.75) is 0 Å². The topological polar surface area (TPSA) is 60.9 Å². The molecule has 0 bridgehead atoms. The minimum atomic E-state index is -0.480. The lowest BCUT2D eigenvalue weighted by molar-refractivity contribution is 0.250. The van der Waals surface area contributed by atoms with Crippen molar-refractivity contribution in [1.82, 2.24) is 9.55 Å². The number of fused-ring (bicyclic) bond motifs is 1. The van der Waals surface area contributed by atoms with Crippen molar-refractivity contribution in [2.75, 3.05) is 0 Å². The van der Waals surface area contributed by atoms with Gasteiger partial charge in [0.2, 0.25) is 0 Å². The van der Waals surface area contributed by atoms with Gasteiger partial charge in [-0.1, -0.05) is 0 Å². The van der Waals surface area contributed by atoms with Crippen molar-refractivity contribution >= 4 is 16.8 Å². The molecule has 0 spiro atoms. The average molecular weight is 162 g/mol. The zero-order valence-electron chi connectivity index (χ0n) is 7.27. The van der Waals surface area contributed by atoms with Gasteiger partial charge in [0.1, 0.15) is 0 Å². The van der Waals surface area contributed by atoms with Crippen molar-refractivity contribution in [2.24, 2.45) is 5.73 Å². The number of nitrogens with zero attached hydrogens (tertiary/aromatic N) is 2. The molecule has 4 nitrogen and oxygen atoms in total. The van der Waals surface area contributed by atoms with Gasteiger partial charge in [0, 0.05) is 35.6 Å². The summed E-state index contributed by atoms with van der Waals surface area (Å²) < 4.78 is 1.34.